The molecule has 0 aromatic heterocycles. The number of hydrogen-bond acceptors (Lipinski definition) is 3. The minimum atomic E-state index is -0.250. The highest BCUT2D eigenvalue weighted by atomic mass is 16.5. The zero-order chi connectivity index (χ0) is 13.1. The second-order valence-corrected chi connectivity index (χ2v) is 5.12. The normalized spacial score (nSPS) is 23.3. The Morgan fingerprint density at radius 3 is 2.72 bits per heavy atom. The van der Waals surface area contributed by atoms with E-state index >= 15 is 0 Å². The number of carbonyl (C=O) groups is 1. The lowest BCUT2D eigenvalue weighted by molar-refractivity contribution is -0.128. The molecule has 0 saturated carbocycles. The Morgan fingerprint density at radius 2 is 2.11 bits per heavy atom. The van der Waals surface area contributed by atoms with Gasteiger partial charge in [0, 0.05) is 13.0 Å². The molecular weight excluding hydrogens is 226 g/mol. The van der Waals surface area contributed by atoms with Crippen molar-refractivity contribution < 1.29 is 9.53 Å². The van der Waals surface area contributed by atoms with Gasteiger partial charge in [-0.15, -0.1) is 0 Å². The summed E-state index contributed by atoms with van der Waals surface area (Å²) < 4.78 is 5.62. The van der Waals surface area contributed by atoms with Gasteiger partial charge in [0.05, 0.1) is 6.10 Å². The average Bonchev–Trinajstić information content (AvgIpc) is 2.82. The van der Waals surface area contributed by atoms with Crippen LogP contribution in [0.1, 0.15) is 29.5 Å². The van der Waals surface area contributed by atoms with Crippen LogP contribution in [0.15, 0.2) is 18.2 Å². The van der Waals surface area contributed by atoms with Crippen LogP contribution >= 0.6 is 0 Å². The number of aryl methyl sites for hydroxylation is 2. The van der Waals surface area contributed by atoms with Crippen molar-refractivity contribution in [3.63, 3.8) is 0 Å². The third-order valence-electron chi connectivity index (χ3n) is 3.68. The molecule has 1 aromatic carbocycles. The van der Waals surface area contributed by atoms with Crippen molar-refractivity contribution in [3.8, 4) is 0 Å². The highest BCUT2D eigenvalue weighted by Gasteiger charge is 2.29. The summed E-state index contributed by atoms with van der Waals surface area (Å²) >= 11 is 0. The van der Waals surface area contributed by atoms with Gasteiger partial charge in [-0.25, -0.2) is 0 Å². The SMILES string of the molecule is Cc1ccc(CC(=O)C2CCC(CN)O2)cc1C. The zero-order valence-electron chi connectivity index (χ0n) is 11.1. The number of Topliss-reactive ketones (excluding diaryl/α,β-unsaturated/α-hetero) is 1. The Labute approximate surface area is 108 Å². The van der Waals surface area contributed by atoms with Crippen molar-refractivity contribution in [2.24, 2.45) is 5.73 Å². The predicted octanol–water partition coefficient (Wildman–Crippen LogP) is 1.92. The van der Waals surface area contributed by atoms with Crippen molar-refractivity contribution >= 4 is 5.78 Å². The number of hydrogen-bond donors (Lipinski definition) is 1. The molecule has 1 heterocycles. The van der Waals surface area contributed by atoms with Crippen LogP contribution in [0.5, 0.6) is 0 Å². The van der Waals surface area contributed by atoms with E-state index in [0.29, 0.717) is 13.0 Å². The molecule has 2 atom stereocenters. The van der Waals surface area contributed by atoms with E-state index in [0.717, 1.165) is 18.4 Å². The van der Waals surface area contributed by atoms with Crippen molar-refractivity contribution in [1.82, 2.24) is 0 Å². The highest BCUT2D eigenvalue weighted by molar-refractivity contribution is 5.85. The van der Waals surface area contributed by atoms with Gasteiger partial charge < -0.3 is 10.5 Å². The molecule has 0 bridgehead atoms. The van der Waals surface area contributed by atoms with Crippen LogP contribution in [0.4, 0.5) is 0 Å². The molecule has 98 valence electrons. The summed E-state index contributed by atoms with van der Waals surface area (Å²) in [6.45, 7) is 4.65. The fraction of sp³-hybridized carbons (Fsp3) is 0.533. The summed E-state index contributed by atoms with van der Waals surface area (Å²) in [4.78, 5) is 12.1. The minimum Gasteiger partial charge on any atom is -0.366 e. The van der Waals surface area contributed by atoms with Gasteiger partial charge in [0.25, 0.3) is 0 Å². The maximum Gasteiger partial charge on any atom is 0.165 e. The summed E-state index contributed by atoms with van der Waals surface area (Å²) in [5, 5.41) is 0. The fourth-order valence-electron chi connectivity index (χ4n) is 2.34. The van der Waals surface area contributed by atoms with E-state index in [1.54, 1.807) is 0 Å². The van der Waals surface area contributed by atoms with Crippen LogP contribution in [0.2, 0.25) is 0 Å². The van der Waals surface area contributed by atoms with Crippen molar-refractivity contribution in [1.29, 1.82) is 0 Å². The summed E-state index contributed by atoms with van der Waals surface area (Å²) in [6, 6.07) is 6.17. The van der Waals surface area contributed by atoms with Crippen LogP contribution in [0.25, 0.3) is 0 Å². The van der Waals surface area contributed by atoms with Gasteiger partial charge in [0.15, 0.2) is 5.78 Å². The number of ketones is 1. The monoisotopic (exact) mass is 247 g/mol. The Balaban J connectivity index is 1.97. The van der Waals surface area contributed by atoms with Crippen LogP contribution in [0.3, 0.4) is 0 Å². The Morgan fingerprint density at radius 1 is 1.33 bits per heavy atom. The van der Waals surface area contributed by atoms with Crippen molar-refractivity contribution in [2.45, 2.75) is 45.3 Å². The third-order valence-corrected chi connectivity index (χ3v) is 3.68. The smallest absolute Gasteiger partial charge is 0.165 e. The molecule has 2 N–H and O–H groups in total. The van der Waals surface area contributed by atoms with Crippen LogP contribution in [0, 0.1) is 13.8 Å². The first-order valence-corrected chi connectivity index (χ1v) is 6.54. The summed E-state index contributed by atoms with van der Waals surface area (Å²) in [7, 11) is 0. The average molecular weight is 247 g/mol. The van der Waals surface area contributed by atoms with Gasteiger partial charge >= 0.3 is 0 Å². The lowest BCUT2D eigenvalue weighted by atomic mass is 10.00. The number of nitrogens with two attached hydrogens (primary N) is 1. The lowest BCUT2D eigenvalue weighted by Crippen LogP contribution is -2.26. The first-order chi connectivity index (χ1) is 8.60. The molecule has 2 rings (SSSR count). The largest absolute Gasteiger partial charge is 0.366 e. The lowest BCUT2D eigenvalue weighted by Gasteiger charge is -2.12. The van der Waals surface area contributed by atoms with Crippen LogP contribution < -0.4 is 5.73 Å². The van der Waals surface area contributed by atoms with Gasteiger partial charge in [-0.3, -0.25) is 4.79 Å². The quantitative estimate of drug-likeness (QED) is 0.884. The molecule has 1 saturated heterocycles. The molecule has 0 amide bonds. The number of ether oxygens (including phenoxy) is 1. The second-order valence-electron chi connectivity index (χ2n) is 5.12. The molecule has 18 heavy (non-hydrogen) atoms. The predicted molar refractivity (Wildman–Crippen MR) is 71.6 cm³/mol. The van der Waals surface area contributed by atoms with Gasteiger partial charge in [-0.2, -0.15) is 0 Å². The van der Waals surface area contributed by atoms with Crippen molar-refractivity contribution in [3.05, 3.63) is 34.9 Å². The molecule has 0 spiro atoms. The van der Waals surface area contributed by atoms with Crippen molar-refractivity contribution in [2.75, 3.05) is 6.54 Å². The zero-order valence-corrected chi connectivity index (χ0v) is 11.1. The van der Waals surface area contributed by atoms with E-state index in [1.807, 2.05) is 6.07 Å². The molecule has 2 unspecified atom stereocenters. The number of carbonyl (C=O) groups excluding carboxylic acids is 1. The van der Waals surface area contributed by atoms with E-state index in [9.17, 15) is 4.79 Å². The summed E-state index contributed by atoms with van der Waals surface area (Å²) in [6.07, 6.45) is 1.99. The Kier molecular flexibility index (Phi) is 4.15. The first-order valence-electron chi connectivity index (χ1n) is 6.54. The van der Waals surface area contributed by atoms with E-state index in [-0.39, 0.29) is 18.0 Å². The Bertz CT molecular complexity index is 442. The van der Waals surface area contributed by atoms with Crippen LogP contribution in [-0.2, 0) is 16.0 Å². The van der Waals surface area contributed by atoms with E-state index < -0.39 is 0 Å². The summed E-state index contributed by atoms with van der Waals surface area (Å²) in [5.74, 6) is 0.175. The second kappa shape index (κ2) is 5.63. The highest BCUT2D eigenvalue weighted by Crippen LogP contribution is 2.21. The molecule has 3 heteroatoms. The molecule has 3 nitrogen and oxygen atoms in total. The number of benzene rings is 1. The number of rotatable bonds is 4. The molecule has 0 aliphatic carbocycles. The van der Waals surface area contributed by atoms with Crippen LogP contribution in [-0.4, -0.2) is 24.5 Å². The minimum absolute atomic E-state index is 0.0682. The third kappa shape index (κ3) is 2.98. The molecule has 1 fully saturated rings. The Hall–Kier alpha value is -1.19. The van der Waals surface area contributed by atoms with E-state index in [4.69, 9.17) is 10.5 Å². The van der Waals surface area contributed by atoms with Gasteiger partial charge in [-0.05, 0) is 43.4 Å². The first kappa shape index (κ1) is 13.2. The topological polar surface area (TPSA) is 52.3 Å². The molecule has 0 radical (unpaired) electrons. The standard InChI is InChI=1S/C15H21NO2/c1-10-3-4-12(7-11(10)2)8-14(17)15-6-5-13(9-16)18-15/h3-4,7,13,15H,5-6,8-9,16H2,1-2H3. The maximum absolute atomic E-state index is 12.1. The fourth-order valence-corrected chi connectivity index (χ4v) is 2.34. The van der Waals surface area contributed by atoms with Gasteiger partial charge in [-0.1, -0.05) is 18.2 Å². The maximum atomic E-state index is 12.1. The van der Waals surface area contributed by atoms with Gasteiger partial charge in [0.1, 0.15) is 6.10 Å². The molecular formula is C15H21NO2. The van der Waals surface area contributed by atoms with E-state index in [1.165, 1.54) is 11.1 Å². The van der Waals surface area contributed by atoms with Gasteiger partial charge in [0.2, 0.25) is 0 Å². The van der Waals surface area contributed by atoms with E-state index in [2.05, 4.69) is 26.0 Å². The summed E-state index contributed by atoms with van der Waals surface area (Å²) in [5.41, 5.74) is 9.11. The molecule has 1 aromatic rings. The molecule has 1 aliphatic heterocycles. The molecule has 1 aliphatic rings.